The van der Waals surface area contributed by atoms with E-state index in [9.17, 15) is 14.4 Å². The van der Waals surface area contributed by atoms with Crippen molar-refractivity contribution in [1.29, 1.82) is 0 Å². The second kappa shape index (κ2) is 12.8. The topological polar surface area (TPSA) is 100 Å². The Morgan fingerprint density at radius 1 is 1.07 bits per heavy atom. The van der Waals surface area contributed by atoms with Gasteiger partial charge in [0.05, 0.1) is 18.2 Å². The number of thioether (sulfide) groups is 1. The lowest BCUT2D eigenvalue weighted by atomic mass is 10.1. The first-order valence-corrected chi connectivity index (χ1v) is 10.6. The van der Waals surface area contributed by atoms with E-state index in [1.54, 1.807) is 18.7 Å². The number of ether oxygens (including phenoxy) is 4. The highest BCUT2D eigenvalue weighted by molar-refractivity contribution is 8.13. The van der Waals surface area contributed by atoms with Crippen LogP contribution in [0.5, 0.6) is 0 Å². The van der Waals surface area contributed by atoms with Crippen molar-refractivity contribution < 1.29 is 33.3 Å². The number of rotatable bonds is 12. The molecule has 0 spiro atoms. The number of esters is 3. The van der Waals surface area contributed by atoms with Gasteiger partial charge >= 0.3 is 17.9 Å². The van der Waals surface area contributed by atoms with E-state index in [1.807, 2.05) is 6.26 Å². The lowest BCUT2D eigenvalue weighted by Crippen LogP contribution is -2.45. The first-order chi connectivity index (χ1) is 13.2. The molecular weight excluding hydrogens is 386 g/mol. The fraction of sp³-hybridized carbons (Fsp3) is 0.789. The fourth-order valence-electron chi connectivity index (χ4n) is 2.59. The van der Waals surface area contributed by atoms with E-state index in [-0.39, 0.29) is 13.2 Å². The first-order valence-electron chi connectivity index (χ1n) is 9.39. The molecule has 0 aromatic carbocycles. The van der Waals surface area contributed by atoms with Crippen molar-refractivity contribution in [3.05, 3.63) is 0 Å². The van der Waals surface area contributed by atoms with Gasteiger partial charge < -0.3 is 18.9 Å². The van der Waals surface area contributed by atoms with Gasteiger partial charge in [-0.1, -0.05) is 0 Å². The molecule has 0 saturated heterocycles. The van der Waals surface area contributed by atoms with Crippen molar-refractivity contribution in [3.63, 3.8) is 0 Å². The van der Waals surface area contributed by atoms with E-state index in [4.69, 9.17) is 18.9 Å². The van der Waals surface area contributed by atoms with E-state index < -0.39 is 36.2 Å². The highest BCUT2D eigenvalue weighted by atomic mass is 32.2. The van der Waals surface area contributed by atoms with Crippen LogP contribution >= 0.6 is 11.8 Å². The standard InChI is InChI=1S/C19H31NO7S/c1-12(26-14(3)22)19(27-15(4)23)17(11-25-13(2)21)24-9-8-20-18(28-5)10-16-6-7-16/h12,16-17,19H,6-11H2,1-5H3/b20-18-/t12-,17-,19+/m1/s1. The molecule has 0 bridgehead atoms. The molecule has 1 fully saturated rings. The molecule has 3 atom stereocenters. The molecule has 0 N–H and O–H groups in total. The van der Waals surface area contributed by atoms with Gasteiger partial charge in [-0.3, -0.25) is 19.4 Å². The van der Waals surface area contributed by atoms with Crippen molar-refractivity contribution in [3.8, 4) is 0 Å². The monoisotopic (exact) mass is 417 g/mol. The molecule has 0 heterocycles. The van der Waals surface area contributed by atoms with Crippen molar-refractivity contribution in [2.75, 3.05) is 26.0 Å². The molecule has 0 aromatic heterocycles. The number of carbonyl (C=O) groups excluding carboxylic acids is 3. The van der Waals surface area contributed by atoms with E-state index >= 15 is 0 Å². The predicted molar refractivity (Wildman–Crippen MR) is 106 cm³/mol. The largest absolute Gasteiger partial charge is 0.463 e. The van der Waals surface area contributed by atoms with E-state index in [0.29, 0.717) is 6.54 Å². The van der Waals surface area contributed by atoms with Crippen LogP contribution in [0.1, 0.15) is 47.0 Å². The minimum Gasteiger partial charge on any atom is -0.463 e. The van der Waals surface area contributed by atoms with E-state index in [2.05, 4.69) is 4.99 Å². The molecule has 0 amide bonds. The lowest BCUT2D eigenvalue weighted by Gasteiger charge is -2.30. The molecule has 1 saturated carbocycles. The minimum atomic E-state index is -0.906. The van der Waals surface area contributed by atoms with Crippen LogP contribution in [0.2, 0.25) is 0 Å². The SMILES string of the molecule is CS/C(CC1CC1)=N\CCO[C@H](COC(C)=O)[C@@H](OC(C)=O)[C@@H](C)OC(C)=O. The zero-order chi connectivity index (χ0) is 21.1. The molecule has 1 rings (SSSR count). The maximum absolute atomic E-state index is 11.5. The molecule has 0 unspecified atom stereocenters. The highest BCUT2D eigenvalue weighted by Crippen LogP contribution is 2.34. The summed E-state index contributed by atoms with van der Waals surface area (Å²) in [5, 5.41) is 1.09. The molecule has 1 aliphatic carbocycles. The van der Waals surface area contributed by atoms with Crippen LogP contribution in [-0.4, -0.2) is 67.3 Å². The quantitative estimate of drug-likeness (QED) is 0.157. The van der Waals surface area contributed by atoms with Crippen LogP contribution in [0.3, 0.4) is 0 Å². The van der Waals surface area contributed by atoms with Crippen molar-refractivity contribution >= 4 is 34.7 Å². The van der Waals surface area contributed by atoms with Crippen LogP contribution in [0, 0.1) is 5.92 Å². The average Bonchev–Trinajstić information content (AvgIpc) is 3.41. The molecule has 9 heteroatoms. The molecule has 0 aromatic rings. The second-order valence-electron chi connectivity index (χ2n) is 6.73. The van der Waals surface area contributed by atoms with Crippen LogP contribution in [0.4, 0.5) is 0 Å². The summed E-state index contributed by atoms with van der Waals surface area (Å²) < 4.78 is 21.3. The van der Waals surface area contributed by atoms with E-state index in [0.717, 1.165) is 17.4 Å². The van der Waals surface area contributed by atoms with Gasteiger partial charge in [0, 0.05) is 20.8 Å². The molecule has 1 aliphatic rings. The summed E-state index contributed by atoms with van der Waals surface area (Å²) in [6.07, 6.45) is 3.08. The van der Waals surface area contributed by atoms with Gasteiger partial charge in [0.2, 0.25) is 0 Å². The normalized spacial score (nSPS) is 17.4. The number of aliphatic imine (C=N–C) groups is 1. The molecule has 160 valence electrons. The highest BCUT2D eigenvalue weighted by Gasteiger charge is 2.33. The van der Waals surface area contributed by atoms with Crippen LogP contribution in [0.15, 0.2) is 4.99 Å². The van der Waals surface area contributed by atoms with Gasteiger partial charge in [-0.05, 0) is 38.4 Å². The Bertz CT molecular complexity index is 562. The maximum Gasteiger partial charge on any atom is 0.303 e. The molecule has 0 aliphatic heterocycles. The summed E-state index contributed by atoms with van der Waals surface area (Å²) >= 11 is 1.64. The third kappa shape index (κ3) is 10.7. The van der Waals surface area contributed by atoms with Crippen LogP contribution in [0.25, 0.3) is 0 Å². The van der Waals surface area contributed by atoms with Crippen molar-refractivity contribution in [2.45, 2.75) is 65.3 Å². The molecule has 8 nitrogen and oxygen atoms in total. The summed E-state index contributed by atoms with van der Waals surface area (Å²) in [6, 6.07) is 0. The molecular formula is C19H31NO7S. The van der Waals surface area contributed by atoms with Crippen molar-refractivity contribution in [2.24, 2.45) is 10.9 Å². The van der Waals surface area contributed by atoms with Crippen LogP contribution in [-0.2, 0) is 33.3 Å². The van der Waals surface area contributed by atoms with Gasteiger partial charge in [0.1, 0.15) is 18.8 Å². The summed E-state index contributed by atoms with van der Waals surface area (Å²) in [4.78, 5) is 38.6. The third-order valence-corrected chi connectivity index (χ3v) is 4.81. The maximum atomic E-state index is 11.5. The van der Waals surface area contributed by atoms with Gasteiger partial charge in [0.15, 0.2) is 6.10 Å². The Balaban J connectivity index is 2.72. The molecule has 0 radical (unpaired) electrons. The molecule has 28 heavy (non-hydrogen) atoms. The summed E-state index contributed by atoms with van der Waals surface area (Å²) in [5.41, 5.74) is 0. The minimum absolute atomic E-state index is 0.125. The fourth-order valence-corrected chi connectivity index (χ4v) is 3.21. The smallest absolute Gasteiger partial charge is 0.303 e. The Morgan fingerprint density at radius 3 is 2.21 bits per heavy atom. The van der Waals surface area contributed by atoms with Gasteiger partial charge in [-0.15, -0.1) is 11.8 Å². The zero-order valence-corrected chi connectivity index (χ0v) is 18.1. The zero-order valence-electron chi connectivity index (χ0n) is 17.3. The van der Waals surface area contributed by atoms with Crippen LogP contribution < -0.4 is 0 Å². The van der Waals surface area contributed by atoms with Gasteiger partial charge in [-0.2, -0.15) is 0 Å². The number of nitrogens with zero attached hydrogens (tertiary/aromatic N) is 1. The number of hydrogen-bond acceptors (Lipinski definition) is 9. The van der Waals surface area contributed by atoms with Crippen molar-refractivity contribution in [1.82, 2.24) is 0 Å². The number of carbonyl (C=O) groups is 3. The summed E-state index contributed by atoms with van der Waals surface area (Å²) in [6.45, 7) is 5.96. The summed E-state index contributed by atoms with van der Waals surface area (Å²) in [7, 11) is 0. The van der Waals surface area contributed by atoms with Gasteiger partial charge in [-0.25, -0.2) is 0 Å². The van der Waals surface area contributed by atoms with E-state index in [1.165, 1.54) is 33.6 Å². The summed E-state index contributed by atoms with van der Waals surface area (Å²) in [5.74, 6) is -0.790. The second-order valence-corrected chi connectivity index (χ2v) is 7.61. The predicted octanol–water partition coefficient (Wildman–Crippen LogP) is 2.38. The third-order valence-electron chi connectivity index (χ3n) is 4.04. The first kappa shape index (κ1) is 24.4. The Kier molecular flexibility index (Phi) is 11.1. The lowest BCUT2D eigenvalue weighted by molar-refractivity contribution is -0.182. The average molecular weight is 418 g/mol. The Labute approximate surface area is 170 Å². The Hall–Kier alpha value is -1.61. The Morgan fingerprint density at radius 2 is 1.71 bits per heavy atom. The number of hydrogen-bond donors (Lipinski definition) is 0. The van der Waals surface area contributed by atoms with Gasteiger partial charge in [0.25, 0.3) is 0 Å².